The first-order chi connectivity index (χ1) is 9.70. The Morgan fingerprint density at radius 2 is 1.48 bits per heavy atom. The predicted molar refractivity (Wildman–Crippen MR) is 69.9 cm³/mol. The molecule has 3 nitrogen and oxygen atoms in total. The van der Waals surface area contributed by atoms with Crippen LogP contribution in [0.4, 0.5) is 13.2 Å². The van der Waals surface area contributed by atoms with Crippen molar-refractivity contribution in [2.75, 3.05) is 6.26 Å². The molecule has 2 rings (SSSR count). The molecule has 7 heteroatoms. The lowest BCUT2D eigenvalue weighted by atomic mass is 10.0. The molecule has 0 aliphatic rings. The van der Waals surface area contributed by atoms with Gasteiger partial charge in [0.15, 0.2) is 21.5 Å². The minimum atomic E-state index is -3.40. The number of rotatable bonds is 3. The number of aliphatic hydroxyl groups is 1. The molecule has 0 spiro atoms. The minimum Gasteiger partial charge on any atom is -0.384 e. The van der Waals surface area contributed by atoms with Gasteiger partial charge in [-0.05, 0) is 23.8 Å². The Kier molecular flexibility index (Phi) is 4.06. The number of sulfone groups is 1. The van der Waals surface area contributed by atoms with E-state index >= 15 is 0 Å². The van der Waals surface area contributed by atoms with Gasteiger partial charge >= 0.3 is 0 Å². The number of benzene rings is 2. The van der Waals surface area contributed by atoms with Gasteiger partial charge in [-0.1, -0.05) is 12.1 Å². The van der Waals surface area contributed by atoms with Crippen molar-refractivity contribution in [2.45, 2.75) is 11.0 Å². The summed E-state index contributed by atoms with van der Waals surface area (Å²) >= 11 is 0. The van der Waals surface area contributed by atoms with E-state index in [2.05, 4.69) is 0 Å². The zero-order valence-electron chi connectivity index (χ0n) is 10.8. The molecule has 1 N–H and O–H groups in total. The smallest absolute Gasteiger partial charge is 0.175 e. The summed E-state index contributed by atoms with van der Waals surface area (Å²) in [7, 11) is -3.40. The van der Waals surface area contributed by atoms with Crippen LogP contribution in [0.5, 0.6) is 0 Å². The van der Waals surface area contributed by atoms with Crippen LogP contribution in [0.3, 0.4) is 0 Å². The van der Waals surface area contributed by atoms with Crippen molar-refractivity contribution >= 4 is 9.84 Å². The van der Waals surface area contributed by atoms with Crippen LogP contribution < -0.4 is 0 Å². The zero-order valence-corrected chi connectivity index (χ0v) is 11.7. The number of halogens is 3. The van der Waals surface area contributed by atoms with E-state index in [-0.39, 0.29) is 10.5 Å². The van der Waals surface area contributed by atoms with Crippen LogP contribution in [0.1, 0.15) is 17.2 Å². The second-order valence-electron chi connectivity index (χ2n) is 4.53. The SMILES string of the molecule is CS(=O)(=O)c1ccc(C(O)c2cc(F)c(F)cc2F)cc1. The fraction of sp³-hybridized carbons (Fsp3) is 0.143. The van der Waals surface area contributed by atoms with Crippen LogP contribution in [0.2, 0.25) is 0 Å². The maximum absolute atomic E-state index is 13.6. The molecule has 2 aromatic carbocycles. The number of hydrogen-bond acceptors (Lipinski definition) is 3. The molecule has 2 aromatic rings. The van der Waals surface area contributed by atoms with Crippen molar-refractivity contribution in [3.05, 3.63) is 65.0 Å². The largest absolute Gasteiger partial charge is 0.384 e. The van der Waals surface area contributed by atoms with Gasteiger partial charge in [-0.3, -0.25) is 0 Å². The Bertz CT molecular complexity index is 771. The van der Waals surface area contributed by atoms with E-state index in [0.717, 1.165) is 6.26 Å². The molecule has 1 unspecified atom stereocenters. The van der Waals surface area contributed by atoms with E-state index < -0.39 is 39.0 Å². The van der Waals surface area contributed by atoms with E-state index in [1.165, 1.54) is 24.3 Å². The molecule has 0 aliphatic carbocycles. The second kappa shape index (κ2) is 5.50. The van der Waals surface area contributed by atoms with E-state index in [9.17, 15) is 26.7 Å². The van der Waals surface area contributed by atoms with Crippen LogP contribution in [-0.4, -0.2) is 19.8 Å². The molecular formula is C14H11F3O3S. The van der Waals surface area contributed by atoms with Gasteiger partial charge in [0, 0.05) is 17.9 Å². The van der Waals surface area contributed by atoms with Crippen LogP contribution in [0.25, 0.3) is 0 Å². The van der Waals surface area contributed by atoms with E-state index in [1.807, 2.05) is 0 Å². The van der Waals surface area contributed by atoms with Gasteiger partial charge in [-0.2, -0.15) is 0 Å². The molecule has 0 radical (unpaired) electrons. The average molecular weight is 316 g/mol. The third-order valence-corrected chi connectivity index (χ3v) is 4.09. The molecule has 0 bridgehead atoms. The third-order valence-electron chi connectivity index (χ3n) is 2.96. The molecule has 21 heavy (non-hydrogen) atoms. The van der Waals surface area contributed by atoms with Gasteiger partial charge in [0.25, 0.3) is 0 Å². The van der Waals surface area contributed by atoms with E-state index in [0.29, 0.717) is 12.1 Å². The Morgan fingerprint density at radius 3 is 2.00 bits per heavy atom. The van der Waals surface area contributed by atoms with Crippen molar-refractivity contribution in [1.29, 1.82) is 0 Å². The van der Waals surface area contributed by atoms with Crippen molar-refractivity contribution in [3.63, 3.8) is 0 Å². The zero-order chi connectivity index (χ0) is 15.8. The summed E-state index contributed by atoms with van der Waals surface area (Å²) in [5.41, 5.74) is -0.270. The van der Waals surface area contributed by atoms with E-state index in [4.69, 9.17) is 0 Å². The molecule has 0 aromatic heterocycles. The molecule has 0 saturated heterocycles. The van der Waals surface area contributed by atoms with Crippen LogP contribution in [0.15, 0.2) is 41.3 Å². The van der Waals surface area contributed by atoms with Gasteiger partial charge in [-0.15, -0.1) is 0 Å². The topological polar surface area (TPSA) is 54.4 Å². The molecule has 1 atom stereocenters. The lowest BCUT2D eigenvalue weighted by molar-refractivity contribution is 0.213. The molecule has 0 aliphatic heterocycles. The van der Waals surface area contributed by atoms with E-state index in [1.54, 1.807) is 0 Å². The lowest BCUT2D eigenvalue weighted by Crippen LogP contribution is -2.05. The van der Waals surface area contributed by atoms with Gasteiger partial charge < -0.3 is 5.11 Å². The highest BCUT2D eigenvalue weighted by molar-refractivity contribution is 7.90. The molecular weight excluding hydrogens is 305 g/mol. The summed E-state index contributed by atoms with van der Waals surface area (Å²) in [6, 6.07) is 5.96. The van der Waals surface area contributed by atoms with Crippen LogP contribution >= 0.6 is 0 Å². The van der Waals surface area contributed by atoms with Crippen molar-refractivity contribution < 1.29 is 26.7 Å². The summed E-state index contributed by atoms with van der Waals surface area (Å²) in [4.78, 5) is 0.0317. The van der Waals surface area contributed by atoms with Crippen molar-refractivity contribution in [2.24, 2.45) is 0 Å². The van der Waals surface area contributed by atoms with Crippen molar-refractivity contribution in [3.8, 4) is 0 Å². The Morgan fingerprint density at radius 1 is 0.952 bits per heavy atom. The fourth-order valence-corrected chi connectivity index (χ4v) is 2.45. The van der Waals surface area contributed by atoms with Crippen LogP contribution in [-0.2, 0) is 9.84 Å². The first-order valence-corrected chi connectivity index (χ1v) is 7.72. The maximum atomic E-state index is 13.6. The van der Waals surface area contributed by atoms with Crippen LogP contribution in [0, 0.1) is 17.5 Å². The highest BCUT2D eigenvalue weighted by Crippen LogP contribution is 2.27. The first-order valence-electron chi connectivity index (χ1n) is 5.82. The van der Waals surface area contributed by atoms with Gasteiger partial charge in [0.05, 0.1) is 4.90 Å². The normalized spacial score (nSPS) is 13.2. The third kappa shape index (κ3) is 3.25. The summed E-state index contributed by atoms with van der Waals surface area (Å²) in [6.45, 7) is 0. The van der Waals surface area contributed by atoms with Gasteiger partial charge in [0.2, 0.25) is 0 Å². The summed E-state index contributed by atoms with van der Waals surface area (Å²) < 4.78 is 62.2. The highest BCUT2D eigenvalue weighted by atomic mass is 32.2. The van der Waals surface area contributed by atoms with Gasteiger partial charge in [-0.25, -0.2) is 21.6 Å². The molecule has 0 heterocycles. The molecule has 0 saturated carbocycles. The molecule has 0 fully saturated rings. The van der Waals surface area contributed by atoms with Crippen molar-refractivity contribution in [1.82, 2.24) is 0 Å². The Balaban J connectivity index is 2.41. The average Bonchev–Trinajstić information content (AvgIpc) is 2.41. The molecule has 112 valence electrons. The number of hydrogen-bond donors (Lipinski definition) is 1. The summed E-state index contributed by atoms with van der Waals surface area (Å²) in [5, 5.41) is 10.0. The van der Waals surface area contributed by atoms with Gasteiger partial charge in [0.1, 0.15) is 11.9 Å². The summed E-state index contributed by atoms with van der Waals surface area (Å²) in [6.07, 6.45) is -0.512. The first kappa shape index (κ1) is 15.5. The number of aliphatic hydroxyl groups excluding tert-OH is 1. The Hall–Kier alpha value is -1.86. The summed E-state index contributed by atoms with van der Waals surface area (Å²) in [5.74, 6) is -3.72. The minimum absolute atomic E-state index is 0.0317. The quantitative estimate of drug-likeness (QED) is 0.886. The monoisotopic (exact) mass is 316 g/mol. The highest BCUT2D eigenvalue weighted by Gasteiger charge is 2.19. The Labute approximate surface area is 119 Å². The fourth-order valence-electron chi connectivity index (χ4n) is 1.82. The lowest BCUT2D eigenvalue weighted by Gasteiger charge is -2.13. The molecule has 0 amide bonds. The predicted octanol–water partition coefficient (Wildman–Crippen LogP) is 2.59. The maximum Gasteiger partial charge on any atom is 0.175 e. The standard InChI is InChI=1S/C14H11F3O3S/c1-21(19,20)9-4-2-8(3-5-9)14(18)10-6-12(16)13(17)7-11(10)15/h2-7,14,18H,1H3. The second-order valence-corrected chi connectivity index (χ2v) is 6.55.